The van der Waals surface area contributed by atoms with Crippen molar-refractivity contribution in [2.75, 3.05) is 0 Å². The second kappa shape index (κ2) is 4.84. The van der Waals surface area contributed by atoms with Gasteiger partial charge in [-0.25, -0.2) is 9.59 Å². The van der Waals surface area contributed by atoms with Crippen LogP contribution in [-0.4, -0.2) is 27.9 Å². The first-order valence-electron chi connectivity index (χ1n) is 2.88. The number of rotatable bonds is 4. The average Bonchev–Trinajstić information content (AvgIpc) is 1.96. The summed E-state index contributed by atoms with van der Waals surface area (Å²) in [6.07, 6.45) is 2.80. The Morgan fingerprint density at radius 2 is 1.08 bits per heavy atom. The summed E-state index contributed by atoms with van der Waals surface area (Å²) in [6.45, 7) is 0. The van der Waals surface area contributed by atoms with Crippen molar-refractivity contribution in [3.8, 4) is 0 Å². The Bertz CT molecular complexity index is 235. The molecule has 2 N–H and O–H groups in total. The lowest BCUT2D eigenvalue weighted by Gasteiger charge is -1.80. The number of carbonyl (C=O) groups is 3. The van der Waals surface area contributed by atoms with Gasteiger partial charge in [0.1, 0.15) is 0 Å². The summed E-state index contributed by atoms with van der Waals surface area (Å²) < 4.78 is 0. The first-order valence-corrected chi connectivity index (χ1v) is 2.88. The summed E-state index contributed by atoms with van der Waals surface area (Å²) in [5.41, 5.74) is 0. The highest BCUT2D eigenvalue weighted by molar-refractivity contribution is 6.04. The largest absolute Gasteiger partial charge is 0.478 e. The van der Waals surface area contributed by atoms with Gasteiger partial charge in [-0.2, -0.15) is 0 Å². The Morgan fingerprint density at radius 3 is 1.33 bits per heavy atom. The van der Waals surface area contributed by atoms with Crippen LogP contribution in [-0.2, 0) is 14.4 Å². The highest BCUT2D eigenvalue weighted by Gasteiger charge is 1.92. The van der Waals surface area contributed by atoms with Gasteiger partial charge < -0.3 is 10.2 Å². The third-order valence-corrected chi connectivity index (χ3v) is 0.780. The lowest BCUT2D eigenvalue weighted by molar-refractivity contribution is -0.132. The van der Waals surface area contributed by atoms with Crippen LogP contribution in [0.5, 0.6) is 0 Å². The summed E-state index contributed by atoms with van der Waals surface area (Å²) >= 11 is 0. The maximum atomic E-state index is 10.6. The Morgan fingerprint density at radius 1 is 0.750 bits per heavy atom. The molecule has 0 bridgehead atoms. The molecule has 0 aliphatic rings. The van der Waals surface area contributed by atoms with Crippen LogP contribution in [0.25, 0.3) is 0 Å². The third-order valence-electron chi connectivity index (χ3n) is 0.780. The lowest BCUT2D eigenvalue weighted by atomic mass is 10.3. The Balaban J connectivity index is 4.07. The maximum Gasteiger partial charge on any atom is 0.328 e. The molecule has 0 radical (unpaired) electrons. The quantitative estimate of drug-likeness (QED) is 0.572. The van der Waals surface area contributed by atoms with Gasteiger partial charge in [0.15, 0.2) is 5.78 Å². The summed E-state index contributed by atoms with van der Waals surface area (Å²) in [7, 11) is 0. The molecule has 0 rings (SSSR count). The zero-order chi connectivity index (χ0) is 9.56. The van der Waals surface area contributed by atoms with Crippen LogP contribution in [0.4, 0.5) is 0 Å². The summed E-state index contributed by atoms with van der Waals surface area (Å²) in [5, 5.41) is 16.1. The molecular weight excluding hydrogens is 164 g/mol. The van der Waals surface area contributed by atoms with Crippen molar-refractivity contribution >= 4 is 17.7 Å². The van der Waals surface area contributed by atoms with Crippen molar-refractivity contribution in [3.05, 3.63) is 24.3 Å². The van der Waals surface area contributed by atoms with Gasteiger partial charge in [-0.15, -0.1) is 0 Å². The second-order valence-electron chi connectivity index (χ2n) is 1.75. The number of hydrogen-bond acceptors (Lipinski definition) is 3. The number of carboxylic acid groups (broad SMARTS) is 2. The molecular formula is C7H6O5. The summed E-state index contributed by atoms with van der Waals surface area (Å²) in [4.78, 5) is 30.3. The number of carbonyl (C=O) groups excluding carboxylic acids is 1. The molecule has 0 aromatic heterocycles. The molecule has 0 saturated carbocycles. The molecule has 64 valence electrons. The van der Waals surface area contributed by atoms with Crippen molar-refractivity contribution in [1.82, 2.24) is 0 Å². The zero-order valence-corrected chi connectivity index (χ0v) is 5.93. The molecule has 0 aromatic carbocycles. The first kappa shape index (κ1) is 10.1. The normalized spacial score (nSPS) is 10.7. The van der Waals surface area contributed by atoms with Gasteiger partial charge in [-0.3, -0.25) is 4.79 Å². The van der Waals surface area contributed by atoms with E-state index < -0.39 is 17.7 Å². The molecule has 0 aliphatic heterocycles. The fourth-order valence-electron chi connectivity index (χ4n) is 0.362. The minimum Gasteiger partial charge on any atom is -0.478 e. The number of hydrogen-bond donors (Lipinski definition) is 2. The molecule has 0 heterocycles. The molecule has 0 amide bonds. The van der Waals surface area contributed by atoms with E-state index in [2.05, 4.69) is 0 Å². The fourth-order valence-corrected chi connectivity index (χ4v) is 0.362. The maximum absolute atomic E-state index is 10.6. The van der Waals surface area contributed by atoms with Crippen molar-refractivity contribution in [2.45, 2.75) is 0 Å². The molecule has 0 fully saturated rings. The van der Waals surface area contributed by atoms with Crippen molar-refractivity contribution in [2.24, 2.45) is 0 Å². The molecule has 0 atom stereocenters. The monoisotopic (exact) mass is 170 g/mol. The van der Waals surface area contributed by atoms with E-state index in [-0.39, 0.29) is 0 Å². The highest BCUT2D eigenvalue weighted by atomic mass is 16.4. The van der Waals surface area contributed by atoms with E-state index in [1.54, 1.807) is 0 Å². The van der Waals surface area contributed by atoms with E-state index in [9.17, 15) is 14.4 Å². The molecule has 12 heavy (non-hydrogen) atoms. The van der Waals surface area contributed by atoms with E-state index in [1.165, 1.54) is 0 Å². The Kier molecular flexibility index (Phi) is 4.07. The predicted octanol–water partition coefficient (Wildman–Crippen LogP) is -0.163. The van der Waals surface area contributed by atoms with Crippen LogP contribution in [0.2, 0.25) is 0 Å². The van der Waals surface area contributed by atoms with Gasteiger partial charge in [0, 0.05) is 12.2 Å². The van der Waals surface area contributed by atoms with Crippen LogP contribution < -0.4 is 0 Å². The van der Waals surface area contributed by atoms with Crippen LogP contribution in [0, 0.1) is 0 Å². The minimum absolute atomic E-state index is 0.633. The molecule has 0 aliphatic carbocycles. The van der Waals surface area contributed by atoms with Gasteiger partial charge in [-0.1, -0.05) is 0 Å². The number of carboxylic acids is 2. The molecule has 0 spiro atoms. The van der Waals surface area contributed by atoms with E-state index in [4.69, 9.17) is 10.2 Å². The zero-order valence-electron chi connectivity index (χ0n) is 5.93. The van der Waals surface area contributed by atoms with Gasteiger partial charge in [0.25, 0.3) is 0 Å². The second-order valence-corrected chi connectivity index (χ2v) is 1.75. The average molecular weight is 170 g/mol. The summed E-state index contributed by atoms with van der Waals surface area (Å²) in [5.74, 6) is -3.20. The van der Waals surface area contributed by atoms with Crippen molar-refractivity contribution in [3.63, 3.8) is 0 Å². The van der Waals surface area contributed by atoms with Crippen LogP contribution in [0.15, 0.2) is 24.3 Å². The third kappa shape index (κ3) is 6.21. The SMILES string of the molecule is O=C(O)/C=C\C(=O)/C=C/C(=O)O. The topological polar surface area (TPSA) is 91.7 Å². The van der Waals surface area contributed by atoms with Gasteiger partial charge in [0.05, 0.1) is 0 Å². The van der Waals surface area contributed by atoms with E-state index in [0.717, 1.165) is 12.2 Å². The van der Waals surface area contributed by atoms with Crippen LogP contribution >= 0.6 is 0 Å². The minimum atomic E-state index is -1.26. The Labute approximate surface area is 67.6 Å². The predicted molar refractivity (Wildman–Crippen MR) is 38.6 cm³/mol. The first-order chi connectivity index (χ1) is 5.52. The fraction of sp³-hybridized carbons (Fsp3) is 0. The molecule has 5 heteroatoms. The number of allylic oxidation sites excluding steroid dienone is 2. The van der Waals surface area contributed by atoms with Crippen LogP contribution in [0.1, 0.15) is 0 Å². The van der Waals surface area contributed by atoms with Gasteiger partial charge in [0.2, 0.25) is 0 Å². The number of aliphatic carboxylic acids is 2. The molecule has 0 saturated heterocycles. The van der Waals surface area contributed by atoms with Crippen molar-refractivity contribution in [1.29, 1.82) is 0 Å². The van der Waals surface area contributed by atoms with E-state index >= 15 is 0 Å². The van der Waals surface area contributed by atoms with E-state index in [0.29, 0.717) is 12.2 Å². The number of ketones is 1. The van der Waals surface area contributed by atoms with Crippen molar-refractivity contribution < 1.29 is 24.6 Å². The molecule has 5 nitrogen and oxygen atoms in total. The van der Waals surface area contributed by atoms with Gasteiger partial charge >= 0.3 is 11.9 Å². The smallest absolute Gasteiger partial charge is 0.328 e. The lowest BCUT2D eigenvalue weighted by Crippen LogP contribution is -1.93. The highest BCUT2D eigenvalue weighted by Crippen LogP contribution is 1.81. The standard InChI is InChI=1S/C7H6O5/c8-5(1-3-6(9)10)2-4-7(11)12/h1-4H,(H,9,10)(H,11,12)/b3-1-,4-2+. The van der Waals surface area contributed by atoms with Crippen LogP contribution in [0.3, 0.4) is 0 Å². The van der Waals surface area contributed by atoms with E-state index in [1.807, 2.05) is 0 Å². The van der Waals surface area contributed by atoms with Gasteiger partial charge in [-0.05, 0) is 12.2 Å². The molecule has 0 aromatic rings. The summed E-state index contributed by atoms with van der Waals surface area (Å²) in [6, 6.07) is 0. The Hall–Kier alpha value is -1.91. The molecule has 0 unspecified atom stereocenters.